The average Bonchev–Trinajstić information content (AvgIpc) is 3.28. The van der Waals surface area contributed by atoms with Crippen molar-refractivity contribution in [3.8, 4) is 27.8 Å². The van der Waals surface area contributed by atoms with E-state index in [0.29, 0.717) is 36.0 Å². The molecule has 0 saturated carbocycles. The molecule has 34 heavy (non-hydrogen) atoms. The van der Waals surface area contributed by atoms with Crippen LogP contribution >= 0.6 is 11.3 Å². The summed E-state index contributed by atoms with van der Waals surface area (Å²) in [4.78, 5) is 27.3. The third-order valence-electron chi connectivity index (χ3n) is 6.04. The first-order valence-electron chi connectivity index (χ1n) is 11.2. The predicted octanol–water partition coefficient (Wildman–Crippen LogP) is 3.54. The fourth-order valence-electron chi connectivity index (χ4n) is 4.08. The zero-order valence-electron chi connectivity index (χ0n) is 20.0. The highest BCUT2D eigenvalue weighted by Crippen LogP contribution is 2.42. The van der Waals surface area contributed by atoms with Crippen molar-refractivity contribution in [2.24, 2.45) is 0 Å². The standard InChI is InChI=1S/C25H30N4O4S/c1-17-22(27-24(34-17)19-15-20(31-2)23(33-4)21(16-19)32-3)25(30)29-13-11-28(12-14-29)10-7-18-5-8-26-9-6-18/h5-6,8-9,15-16H,7,10-14H2,1-4H3. The molecule has 4 rings (SSSR count). The monoisotopic (exact) mass is 482 g/mol. The number of benzene rings is 1. The lowest BCUT2D eigenvalue weighted by atomic mass is 10.1. The second-order valence-electron chi connectivity index (χ2n) is 8.08. The van der Waals surface area contributed by atoms with Crippen molar-refractivity contribution in [2.45, 2.75) is 13.3 Å². The van der Waals surface area contributed by atoms with Crippen LogP contribution in [0.3, 0.4) is 0 Å². The number of carbonyl (C=O) groups is 1. The minimum absolute atomic E-state index is 0.0128. The zero-order valence-corrected chi connectivity index (χ0v) is 20.9. The number of piperazine rings is 1. The molecule has 3 heterocycles. The Morgan fingerprint density at radius 1 is 1.00 bits per heavy atom. The summed E-state index contributed by atoms with van der Waals surface area (Å²) in [6, 6.07) is 7.82. The van der Waals surface area contributed by atoms with Crippen LogP contribution < -0.4 is 14.2 Å². The fraction of sp³-hybridized carbons (Fsp3) is 0.400. The highest BCUT2D eigenvalue weighted by atomic mass is 32.1. The predicted molar refractivity (Wildman–Crippen MR) is 132 cm³/mol. The summed E-state index contributed by atoms with van der Waals surface area (Å²) in [5, 5.41) is 0.746. The molecular weight excluding hydrogens is 452 g/mol. The molecule has 0 N–H and O–H groups in total. The van der Waals surface area contributed by atoms with Crippen LogP contribution in [0.5, 0.6) is 17.2 Å². The molecule has 1 saturated heterocycles. The maximum Gasteiger partial charge on any atom is 0.273 e. The van der Waals surface area contributed by atoms with Crippen molar-refractivity contribution in [2.75, 3.05) is 54.1 Å². The number of rotatable bonds is 8. The van der Waals surface area contributed by atoms with E-state index in [9.17, 15) is 4.79 Å². The van der Waals surface area contributed by atoms with Crippen molar-refractivity contribution in [3.63, 3.8) is 0 Å². The molecule has 0 spiro atoms. The van der Waals surface area contributed by atoms with Crippen LogP contribution in [0.4, 0.5) is 0 Å². The molecule has 3 aromatic rings. The Morgan fingerprint density at radius 3 is 2.24 bits per heavy atom. The van der Waals surface area contributed by atoms with Crippen LogP contribution in [0.25, 0.3) is 10.6 Å². The van der Waals surface area contributed by atoms with Gasteiger partial charge in [0.05, 0.1) is 21.3 Å². The van der Waals surface area contributed by atoms with Crippen molar-refractivity contribution in [3.05, 3.63) is 52.8 Å². The summed E-state index contributed by atoms with van der Waals surface area (Å²) in [6.45, 7) is 6.04. The molecule has 0 unspecified atom stereocenters. The second kappa shape index (κ2) is 10.8. The molecule has 1 aromatic carbocycles. The van der Waals surface area contributed by atoms with Crippen LogP contribution in [-0.4, -0.2) is 79.7 Å². The minimum Gasteiger partial charge on any atom is -0.493 e. The fourth-order valence-corrected chi connectivity index (χ4v) is 4.98. The summed E-state index contributed by atoms with van der Waals surface area (Å²) in [5.74, 6) is 1.63. The number of nitrogens with zero attached hydrogens (tertiary/aromatic N) is 4. The highest BCUT2D eigenvalue weighted by molar-refractivity contribution is 7.15. The number of amides is 1. The number of pyridine rings is 1. The Kier molecular flexibility index (Phi) is 7.64. The Labute approximate surface area is 204 Å². The normalized spacial score (nSPS) is 14.2. The van der Waals surface area contributed by atoms with Gasteiger partial charge in [0.2, 0.25) is 5.75 Å². The molecule has 9 heteroatoms. The van der Waals surface area contributed by atoms with Crippen molar-refractivity contribution in [1.29, 1.82) is 0 Å². The van der Waals surface area contributed by atoms with Gasteiger partial charge in [-0.1, -0.05) is 0 Å². The van der Waals surface area contributed by atoms with E-state index >= 15 is 0 Å². The molecule has 0 radical (unpaired) electrons. The van der Waals surface area contributed by atoms with Gasteiger partial charge < -0.3 is 19.1 Å². The Hall–Kier alpha value is -3.17. The van der Waals surface area contributed by atoms with Crippen LogP contribution in [0.1, 0.15) is 20.9 Å². The topological polar surface area (TPSA) is 77.0 Å². The first kappa shape index (κ1) is 24.0. The Morgan fingerprint density at radius 2 is 1.65 bits per heavy atom. The van der Waals surface area contributed by atoms with Gasteiger partial charge in [0.15, 0.2) is 11.5 Å². The smallest absolute Gasteiger partial charge is 0.273 e. The lowest BCUT2D eigenvalue weighted by molar-refractivity contribution is 0.0633. The van der Waals surface area contributed by atoms with E-state index in [1.165, 1.54) is 16.9 Å². The Balaban J connectivity index is 1.43. The van der Waals surface area contributed by atoms with Gasteiger partial charge in [-0.3, -0.25) is 14.7 Å². The number of carbonyl (C=O) groups excluding carboxylic acids is 1. The molecule has 8 nitrogen and oxygen atoms in total. The van der Waals surface area contributed by atoms with Crippen LogP contribution in [0, 0.1) is 6.92 Å². The SMILES string of the molecule is COc1cc(-c2nc(C(=O)N3CCN(CCc4ccncc4)CC3)c(C)s2)cc(OC)c1OC. The molecule has 1 amide bonds. The van der Waals surface area contributed by atoms with Gasteiger partial charge in [0.1, 0.15) is 10.7 Å². The maximum absolute atomic E-state index is 13.3. The lowest BCUT2D eigenvalue weighted by Crippen LogP contribution is -2.49. The molecular formula is C25H30N4O4S. The summed E-state index contributed by atoms with van der Waals surface area (Å²) in [6.07, 6.45) is 4.64. The van der Waals surface area contributed by atoms with E-state index in [4.69, 9.17) is 19.2 Å². The molecule has 1 fully saturated rings. The minimum atomic E-state index is -0.0128. The van der Waals surface area contributed by atoms with Gasteiger partial charge in [0.25, 0.3) is 5.91 Å². The van der Waals surface area contributed by atoms with E-state index in [0.717, 1.165) is 41.5 Å². The zero-order chi connectivity index (χ0) is 24.1. The molecule has 0 atom stereocenters. The number of hydrogen-bond acceptors (Lipinski definition) is 8. The maximum atomic E-state index is 13.3. The van der Waals surface area contributed by atoms with Crippen LogP contribution in [0.2, 0.25) is 0 Å². The second-order valence-corrected chi connectivity index (χ2v) is 9.28. The number of aromatic nitrogens is 2. The van der Waals surface area contributed by atoms with E-state index in [2.05, 4.69) is 22.0 Å². The van der Waals surface area contributed by atoms with Crippen molar-refractivity contribution in [1.82, 2.24) is 19.8 Å². The van der Waals surface area contributed by atoms with Gasteiger partial charge in [-0.2, -0.15) is 0 Å². The highest BCUT2D eigenvalue weighted by Gasteiger charge is 2.26. The van der Waals surface area contributed by atoms with Crippen molar-refractivity contribution < 1.29 is 19.0 Å². The van der Waals surface area contributed by atoms with Gasteiger partial charge in [-0.25, -0.2) is 4.98 Å². The number of thiazole rings is 1. The summed E-state index contributed by atoms with van der Waals surface area (Å²) in [5.41, 5.74) is 2.62. The molecule has 1 aliphatic rings. The van der Waals surface area contributed by atoms with Crippen LogP contribution in [0.15, 0.2) is 36.7 Å². The quantitative estimate of drug-likeness (QED) is 0.486. The third-order valence-corrected chi connectivity index (χ3v) is 7.06. The first-order chi connectivity index (χ1) is 16.5. The van der Waals surface area contributed by atoms with Crippen molar-refractivity contribution >= 4 is 17.2 Å². The van der Waals surface area contributed by atoms with E-state index in [1.54, 1.807) is 21.3 Å². The number of methoxy groups -OCH3 is 3. The largest absolute Gasteiger partial charge is 0.493 e. The molecule has 180 valence electrons. The van der Waals surface area contributed by atoms with Gasteiger partial charge >= 0.3 is 0 Å². The number of hydrogen-bond donors (Lipinski definition) is 0. The summed E-state index contributed by atoms with van der Waals surface area (Å²) in [7, 11) is 4.74. The van der Waals surface area contributed by atoms with Crippen LogP contribution in [-0.2, 0) is 6.42 Å². The van der Waals surface area contributed by atoms with Gasteiger partial charge in [-0.05, 0) is 43.2 Å². The molecule has 2 aromatic heterocycles. The molecule has 1 aliphatic heterocycles. The first-order valence-corrected chi connectivity index (χ1v) is 12.0. The summed E-state index contributed by atoms with van der Waals surface area (Å²) >= 11 is 1.49. The number of ether oxygens (including phenoxy) is 3. The van der Waals surface area contributed by atoms with E-state index < -0.39 is 0 Å². The average molecular weight is 483 g/mol. The van der Waals surface area contributed by atoms with E-state index in [-0.39, 0.29) is 5.91 Å². The number of aryl methyl sites for hydroxylation is 1. The van der Waals surface area contributed by atoms with E-state index in [1.807, 2.05) is 36.4 Å². The molecule has 0 bridgehead atoms. The van der Waals surface area contributed by atoms with Gasteiger partial charge in [0, 0.05) is 55.6 Å². The Bertz CT molecular complexity index is 1100. The third kappa shape index (κ3) is 5.15. The molecule has 0 aliphatic carbocycles. The van der Waals surface area contributed by atoms with Gasteiger partial charge in [-0.15, -0.1) is 11.3 Å². The lowest BCUT2D eigenvalue weighted by Gasteiger charge is -2.34. The summed E-state index contributed by atoms with van der Waals surface area (Å²) < 4.78 is 16.3.